The van der Waals surface area contributed by atoms with Gasteiger partial charge in [0.05, 0.1) is 0 Å². The van der Waals surface area contributed by atoms with Crippen LogP contribution in [0.1, 0.15) is 50.4 Å². The fourth-order valence-electron chi connectivity index (χ4n) is 2.20. The van der Waals surface area contributed by atoms with Gasteiger partial charge in [-0.1, -0.05) is 31.1 Å². The average Bonchev–Trinajstić information content (AvgIpc) is 3.02. The van der Waals surface area contributed by atoms with Crippen LogP contribution < -0.4 is 5.32 Å². The molecule has 0 radical (unpaired) electrons. The number of hydrogen-bond donors (Lipinski definition) is 2. The molecule has 25 heavy (non-hydrogen) atoms. The summed E-state index contributed by atoms with van der Waals surface area (Å²) in [5.41, 5.74) is -1.39. The van der Waals surface area contributed by atoms with Gasteiger partial charge in [-0.3, -0.25) is 4.79 Å². The minimum atomic E-state index is -1.66. The maximum Gasteiger partial charge on any atom is 0.333 e. The average molecular weight is 349 g/mol. The van der Waals surface area contributed by atoms with Gasteiger partial charge in [0.15, 0.2) is 11.4 Å². The summed E-state index contributed by atoms with van der Waals surface area (Å²) >= 11 is 0. The van der Waals surface area contributed by atoms with Crippen molar-refractivity contribution in [2.24, 2.45) is 0 Å². The molecule has 0 bridgehead atoms. The molecule has 1 aromatic heterocycles. The summed E-state index contributed by atoms with van der Waals surface area (Å²) in [4.78, 5) is 28.0. The van der Waals surface area contributed by atoms with Crippen LogP contribution in [-0.2, 0) is 21.5 Å². The van der Waals surface area contributed by atoms with Crippen LogP contribution in [0.3, 0.4) is 0 Å². The Kier molecular flexibility index (Phi) is 5.51. The molecule has 1 heterocycles. The van der Waals surface area contributed by atoms with Crippen molar-refractivity contribution in [3.8, 4) is 0 Å². The highest BCUT2D eigenvalue weighted by Gasteiger charge is 2.36. The lowest BCUT2D eigenvalue weighted by Crippen LogP contribution is -2.49. The third-order valence-corrected chi connectivity index (χ3v) is 3.80. The third-order valence-electron chi connectivity index (χ3n) is 3.80. The summed E-state index contributed by atoms with van der Waals surface area (Å²) in [6.45, 7) is 5.19. The molecule has 1 unspecified atom stereocenters. The molecule has 1 aromatic carbocycles. The van der Waals surface area contributed by atoms with E-state index in [1.54, 1.807) is 0 Å². The Balaban J connectivity index is 2.04. The van der Waals surface area contributed by atoms with Gasteiger partial charge in [0, 0.05) is 18.8 Å². The first-order chi connectivity index (χ1) is 11.7. The van der Waals surface area contributed by atoms with Crippen molar-refractivity contribution in [2.75, 3.05) is 0 Å². The van der Waals surface area contributed by atoms with Crippen molar-refractivity contribution in [3.05, 3.63) is 47.4 Å². The number of carbonyl (C=O) groups is 2. The second kappa shape index (κ2) is 7.42. The van der Waals surface area contributed by atoms with E-state index >= 15 is 0 Å². The Bertz CT molecular complexity index is 758. The van der Waals surface area contributed by atoms with Crippen molar-refractivity contribution in [3.63, 3.8) is 0 Å². The van der Waals surface area contributed by atoms with Crippen LogP contribution in [0.25, 0.3) is 0 Å². The number of aliphatic carboxylic acids is 1. The standard InChI is InChI=1S/C17H20FN3O4/c1-10(2)15-19-14(25-21-15)9-8-13(22)20-17(3,16(23)24)11-4-6-12(18)7-5-11/h4-7,10H,8-9H2,1-3H3,(H,20,22)(H,23,24). The Hall–Kier alpha value is -2.77. The zero-order valence-corrected chi connectivity index (χ0v) is 14.2. The maximum absolute atomic E-state index is 13.0. The van der Waals surface area contributed by atoms with Crippen LogP contribution in [0.2, 0.25) is 0 Å². The molecule has 2 N–H and O–H groups in total. The molecule has 0 aliphatic heterocycles. The molecule has 1 atom stereocenters. The first-order valence-corrected chi connectivity index (χ1v) is 7.85. The first kappa shape index (κ1) is 18.6. The molecular formula is C17H20FN3O4. The minimum Gasteiger partial charge on any atom is -0.479 e. The van der Waals surface area contributed by atoms with Crippen LogP contribution in [0.15, 0.2) is 28.8 Å². The van der Waals surface area contributed by atoms with Gasteiger partial charge < -0.3 is 14.9 Å². The van der Waals surface area contributed by atoms with E-state index in [0.29, 0.717) is 11.7 Å². The van der Waals surface area contributed by atoms with Crippen LogP contribution in [0.5, 0.6) is 0 Å². The van der Waals surface area contributed by atoms with E-state index in [9.17, 15) is 19.1 Å². The van der Waals surface area contributed by atoms with Crippen LogP contribution >= 0.6 is 0 Å². The van der Waals surface area contributed by atoms with Gasteiger partial charge in [-0.2, -0.15) is 4.98 Å². The summed E-state index contributed by atoms with van der Waals surface area (Å²) in [6, 6.07) is 4.95. The molecule has 134 valence electrons. The molecule has 1 amide bonds. The van der Waals surface area contributed by atoms with Crippen molar-refractivity contribution in [2.45, 2.75) is 45.1 Å². The number of halogens is 1. The van der Waals surface area contributed by atoms with E-state index in [0.717, 1.165) is 12.1 Å². The molecule has 0 fully saturated rings. The summed E-state index contributed by atoms with van der Waals surface area (Å²) in [7, 11) is 0. The van der Waals surface area contributed by atoms with Gasteiger partial charge in [0.2, 0.25) is 11.8 Å². The highest BCUT2D eigenvalue weighted by molar-refractivity contribution is 5.87. The lowest BCUT2D eigenvalue weighted by molar-refractivity contribution is -0.147. The van der Waals surface area contributed by atoms with Crippen molar-refractivity contribution < 1.29 is 23.6 Å². The SMILES string of the molecule is CC(C)c1noc(CCC(=O)NC(C)(C(=O)O)c2ccc(F)cc2)n1. The molecule has 0 saturated carbocycles. The Morgan fingerprint density at radius 1 is 1.32 bits per heavy atom. The fourth-order valence-corrected chi connectivity index (χ4v) is 2.20. The normalized spacial score (nSPS) is 13.5. The van der Waals surface area contributed by atoms with E-state index in [-0.39, 0.29) is 24.3 Å². The molecule has 2 aromatic rings. The number of benzene rings is 1. The number of nitrogens with one attached hydrogen (secondary N) is 1. The van der Waals surface area contributed by atoms with Crippen molar-refractivity contribution in [1.29, 1.82) is 0 Å². The number of hydrogen-bond acceptors (Lipinski definition) is 5. The summed E-state index contributed by atoms with van der Waals surface area (Å²) in [6.07, 6.45) is 0.189. The summed E-state index contributed by atoms with van der Waals surface area (Å²) in [5.74, 6) is -1.24. The van der Waals surface area contributed by atoms with Gasteiger partial charge in [-0.25, -0.2) is 9.18 Å². The number of carboxylic acids is 1. The van der Waals surface area contributed by atoms with E-state index in [4.69, 9.17) is 4.52 Å². The second-order valence-corrected chi connectivity index (χ2v) is 6.19. The number of amides is 1. The van der Waals surface area contributed by atoms with Gasteiger partial charge in [0.1, 0.15) is 5.82 Å². The molecule has 0 spiro atoms. The minimum absolute atomic E-state index is 0.0101. The van der Waals surface area contributed by atoms with Gasteiger partial charge in [-0.05, 0) is 24.6 Å². The monoisotopic (exact) mass is 349 g/mol. The molecule has 0 aliphatic carbocycles. The lowest BCUT2D eigenvalue weighted by Gasteiger charge is -2.26. The highest BCUT2D eigenvalue weighted by Crippen LogP contribution is 2.22. The smallest absolute Gasteiger partial charge is 0.333 e. The molecular weight excluding hydrogens is 329 g/mol. The summed E-state index contributed by atoms with van der Waals surface area (Å²) in [5, 5.41) is 15.8. The van der Waals surface area contributed by atoms with Gasteiger partial charge in [0.25, 0.3) is 0 Å². The van der Waals surface area contributed by atoms with E-state index < -0.39 is 23.2 Å². The van der Waals surface area contributed by atoms with Crippen molar-refractivity contribution in [1.82, 2.24) is 15.5 Å². The van der Waals surface area contributed by atoms with Crippen LogP contribution in [0.4, 0.5) is 4.39 Å². The van der Waals surface area contributed by atoms with Crippen molar-refractivity contribution >= 4 is 11.9 Å². The largest absolute Gasteiger partial charge is 0.479 e. The number of carboxylic acid groups (broad SMARTS) is 1. The number of aryl methyl sites for hydroxylation is 1. The summed E-state index contributed by atoms with van der Waals surface area (Å²) < 4.78 is 18.1. The van der Waals surface area contributed by atoms with Crippen LogP contribution in [-0.4, -0.2) is 27.1 Å². The number of nitrogens with zero attached hydrogens (tertiary/aromatic N) is 2. The molecule has 8 heteroatoms. The van der Waals surface area contributed by atoms with E-state index in [1.807, 2.05) is 13.8 Å². The Morgan fingerprint density at radius 3 is 2.48 bits per heavy atom. The predicted molar refractivity (Wildman–Crippen MR) is 86.2 cm³/mol. The zero-order valence-electron chi connectivity index (χ0n) is 14.2. The predicted octanol–water partition coefficient (Wildman–Crippen LogP) is 2.38. The first-order valence-electron chi connectivity index (χ1n) is 7.85. The molecule has 0 aliphatic rings. The quantitative estimate of drug-likeness (QED) is 0.795. The zero-order chi connectivity index (χ0) is 18.6. The third kappa shape index (κ3) is 4.40. The Labute approximate surface area is 144 Å². The molecule has 7 nitrogen and oxygen atoms in total. The van der Waals surface area contributed by atoms with Crippen LogP contribution in [0, 0.1) is 5.82 Å². The molecule has 0 saturated heterocycles. The lowest BCUT2D eigenvalue weighted by atomic mass is 9.91. The highest BCUT2D eigenvalue weighted by atomic mass is 19.1. The van der Waals surface area contributed by atoms with E-state index in [1.165, 1.54) is 19.1 Å². The Morgan fingerprint density at radius 2 is 1.96 bits per heavy atom. The topological polar surface area (TPSA) is 105 Å². The second-order valence-electron chi connectivity index (χ2n) is 6.19. The van der Waals surface area contributed by atoms with Gasteiger partial charge in [-0.15, -0.1) is 0 Å². The number of aromatic nitrogens is 2. The van der Waals surface area contributed by atoms with Gasteiger partial charge >= 0.3 is 5.97 Å². The number of carbonyl (C=O) groups excluding carboxylic acids is 1. The fraction of sp³-hybridized carbons (Fsp3) is 0.412. The number of rotatable bonds is 7. The van der Waals surface area contributed by atoms with E-state index in [2.05, 4.69) is 15.5 Å². The molecule has 2 rings (SSSR count). The maximum atomic E-state index is 13.0.